The summed E-state index contributed by atoms with van der Waals surface area (Å²) in [6.45, 7) is 0. The SMILES string of the molecule is c1cnc2nc(-c3n[nH]c(C4CC4)n3)ccc2c1. The average molecular weight is 237 g/mol. The van der Waals surface area contributed by atoms with Gasteiger partial charge in [-0.3, -0.25) is 5.10 Å². The molecule has 0 aromatic carbocycles. The molecule has 0 bridgehead atoms. The zero-order chi connectivity index (χ0) is 11.9. The Morgan fingerprint density at radius 1 is 1.11 bits per heavy atom. The number of aromatic amines is 1. The summed E-state index contributed by atoms with van der Waals surface area (Å²) < 4.78 is 0. The number of nitrogens with zero attached hydrogens (tertiary/aromatic N) is 4. The topological polar surface area (TPSA) is 67.3 Å². The van der Waals surface area contributed by atoms with Crippen molar-refractivity contribution in [3.8, 4) is 11.5 Å². The molecular weight excluding hydrogens is 226 g/mol. The van der Waals surface area contributed by atoms with Gasteiger partial charge in [-0.05, 0) is 37.1 Å². The lowest BCUT2D eigenvalue weighted by Gasteiger charge is -1.97. The van der Waals surface area contributed by atoms with Gasteiger partial charge in [0.25, 0.3) is 0 Å². The van der Waals surface area contributed by atoms with Crippen molar-refractivity contribution in [3.63, 3.8) is 0 Å². The number of hydrogen-bond donors (Lipinski definition) is 1. The number of pyridine rings is 2. The fourth-order valence-corrected chi connectivity index (χ4v) is 2.01. The van der Waals surface area contributed by atoms with Gasteiger partial charge in [0.05, 0.1) is 0 Å². The van der Waals surface area contributed by atoms with Crippen LogP contribution in [0.2, 0.25) is 0 Å². The van der Waals surface area contributed by atoms with Gasteiger partial charge >= 0.3 is 0 Å². The van der Waals surface area contributed by atoms with E-state index in [-0.39, 0.29) is 0 Å². The van der Waals surface area contributed by atoms with Crippen molar-refractivity contribution in [1.82, 2.24) is 25.1 Å². The van der Waals surface area contributed by atoms with Crippen LogP contribution in [0.1, 0.15) is 24.6 Å². The Labute approximate surface area is 103 Å². The predicted octanol–water partition coefficient (Wildman–Crippen LogP) is 2.29. The molecule has 1 aliphatic rings. The lowest BCUT2D eigenvalue weighted by molar-refractivity contribution is 0.935. The van der Waals surface area contributed by atoms with Crippen LogP contribution in [-0.4, -0.2) is 25.1 Å². The van der Waals surface area contributed by atoms with Gasteiger partial charge in [0.1, 0.15) is 11.5 Å². The van der Waals surface area contributed by atoms with E-state index in [9.17, 15) is 0 Å². The molecule has 5 heteroatoms. The summed E-state index contributed by atoms with van der Waals surface area (Å²) in [5.41, 5.74) is 1.50. The highest BCUT2D eigenvalue weighted by Crippen LogP contribution is 2.38. The first-order chi connectivity index (χ1) is 8.90. The van der Waals surface area contributed by atoms with E-state index in [1.165, 1.54) is 12.8 Å². The molecule has 3 aromatic heterocycles. The third kappa shape index (κ3) is 1.55. The van der Waals surface area contributed by atoms with Crippen LogP contribution in [-0.2, 0) is 0 Å². The molecule has 0 aliphatic heterocycles. The highest BCUT2D eigenvalue weighted by atomic mass is 15.2. The molecular formula is C13H11N5. The lowest BCUT2D eigenvalue weighted by atomic mass is 10.2. The van der Waals surface area contributed by atoms with Crippen LogP contribution >= 0.6 is 0 Å². The fourth-order valence-electron chi connectivity index (χ4n) is 2.01. The second-order valence-corrected chi connectivity index (χ2v) is 4.57. The third-order valence-electron chi connectivity index (χ3n) is 3.16. The van der Waals surface area contributed by atoms with Crippen LogP contribution in [0.3, 0.4) is 0 Å². The van der Waals surface area contributed by atoms with Gasteiger partial charge in [0.2, 0.25) is 0 Å². The van der Waals surface area contributed by atoms with Gasteiger partial charge in [0.15, 0.2) is 11.5 Å². The molecule has 5 nitrogen and oxygen atoms in total. The maximum atomic E-state index is 4.49. The Morgan fingerprint density at radius 3 is 2.94 bits per heavy atom. The molecule has 1 N–H and O–H groups in total. The quantitative estimate of drug-likeness (QED) is 0.742. The van der Waals surface area contributed by atoms with E-state index in [2.05, 4.69) is 25.1 Å². The summed E-state index contributed by atoms with van der Waals surface area (Å²) in [4.78, 5) is 13.2. The van der Waals surface area contributed by atoms with Gasteiger partial charge in [-0.2, -0.15) is 5.10 Å². The molecule has 0 spiro atoms. The summed E-state index contributed by atoms with van der Waals surface area (Å²) in [7, 11) is 0. The van der Waals surface area contributed by atoms with Crippen LogP contribution in [0.4, 0.5) is 0 Å². The molecule has 0 saturated heterocycles. The predicted molar refractivity (Wildman–Crippen MR) is 66.9 cm³/mol. The van der Waals surface area contributed by atoms with Gasteiger partial charge in [-0.25, -0.2) is 15.0 Å². The summed E-state index contributed by atoms with van der Waals surface area (Å²) in [5, 5.41) is 8.25. The van der Waals surface area contributed by atoms with Crippen LogP contribution in [0.25, 0.3) is 22.6 Å². The Balaban J connectivity index is 1.80. The van der Waals surface area contributed by atoms with Crippen molar-refractivity contribution >= 4 is 11.0 Å². The summed E-state index contributed by atoms with van der Waals surface area (Å²) in [5.74, 6) is 2.21. The Kier molecular flexibility index (Phi) is 1.94. The van der Waals surface area contributed by atoms with Crippen molar-refractivity contribution in [1.29, 1.82) is 0 Å². The number of hydrogen-bond acceptors (Lipinski definition) is 4. The van der Waals surface area contributed by atoms with Gasteiger partial charge < -0.3 is 0 Å². The van der Waals surface area contributed by atoms with Crippen molar-refractivity contribution in [2.75, 3.05) is 0 Å². The van der Waals surface area contributed by atoms with Crippen LogP contribution in [0.5, 0.6) is 0 Å². The van der Waals surface area contributed by atoms with Crippen LogP contribution < -0.4 is 0 Å². The van der Waals surface area contributed by atoms with Crippen molar-refractivity contribution in [2.45, 2.75) is 18.8 Å². The molecule has 18 heavy (non-hydrogen) atoms. The van der Waals surface area contributed by atoms with Crippen molar-refractivity contribution in [2.24, 2.45) is 0 Å². The fraction of sp³-hybridized carbons (Fsp3) is 0.231. The zero-order valence-corrected chi connectivity index (χ0v) is 9.67. The number of H-pyrrole nitrogens is 1. The largest absolute Gasteiger partial charge is 0.262 e. The lowest BCUT2D eigenvalue weighted by Crippen LogP contribution is -1.89. The highest BCUT2D eigenvalue weighted by Gasteiger charge is 2.27. The molecule has 1 aliphatic carbocycles. The average Bonchev–Trinajstić information content (AvgIpc) is 3.16. The van der Waals surface area contributed by atoms with Crippen molar-refractivity contribution < 1.29 is 0 Å². The Bertz CT molecular complexity index is 714. The second kappa shape index (κ2) is 3.60. The monoisotopic (exact) mass is 237 g/mol. The first-order valence-corrected chi connectivity index (χ1v) is 6.04. The van der Waals surface area contributed by atoms with Crippen molar-refractivity contribution in [3.05, 3.63) is 36.3 Å². The van der Waals surface area contributed by atoms with E-state index in [4.69, 9.17) is 0 Å². The van der Waals surface area contributed by atoms with Crippen LogP contribution in [0.15, 0.2) is 30.5 Å². The zero-order valence-electron chi connectivity index (χ0n) is 9.67. The van der Waals surface area contributed by atoms with Gasteiger partial charge in [-0.1, -0.05) is 0 Å². The molecule has 1 saturated carbocycles. The Hall–Kier alpha value is -2.30. The molecule has 0 radical (unpaired) electrons. The Morgan fingerprint density at radius 2 is 2.06 bits per heavy atom. The minimum Gasteiger partial charge on any atom is -0.262 e. The smallest absolute Gasteiger partial charge is 0.199 e. The van der Waals surface area contributed by atoms with E-state index in [1.807, 2.05) is 24.3 Å². The van der Waals surface area contributed by atoms with E-state index >= 15 is 0 Å². The number of nitrogens with one attached hydrogen (secondary N) is 1. The van der Waals surface area contributed by atoms with E-state index in [0.29, 0.717) is 11.7 Å². The molecule has 88 valence electrons. The standard InChI is InChI=1S/C13H11N5/c1-2-8-5-6-10(15-11(8)14-7-1)13-16-12(17-18-13)9-3-4-9/h1-2,5-7,9H,3-4H2,(H,16,17,18). The summed E-state index contributed by atoms with van der Waals surface area (Å²) in [6.07, 6.45) is 4.16. The molecule has 1 fully saturated rings. The molecule has 0 amide bonds. The van der Waals surface area contributed by atoms with Gasteiger partial charge in [0, 0.05) is 17.5 Å². The van der Waals surface area contributed by atoms with Gasteiger partial charge in [-0.15, -0.1) is 0 Å². The molecule has 0 atom stereocenters. The summed E-state index contributed by atoms with van der Waals surface area (Å²) >= 11 is 0. The number of fused-ring (bicyclic) bond motifs is 1. The normalized spacial score (nSPS) is 15.1. The van der Waals surface area contributed by atoms with E-state index in [0.717, 1.165) is 22.6 Å². The van der Waals surface area contributed by atoms with E-state index in [1.54, 1.807) is 6.20 Å². The van der Waals surface area contributed by atoms with E-state index < -0.39 is 0 Å². The minimum absolute atomic E-state index is 0.574. The maximum absolute atomic E-state index is 4.49. The van der Waals surface area contributed by atoms with Crippen LogP contribution in [0, 0.1) is 0 Å². The molecule has 0 unspecified atom stereocenters. The number of aromatic nitrogens is 5. The number of rotatable bonds is 2. The molecule has 4 rings (SSSR count). The highest BCUT2D eigenvalue weighted by molar-refractivity contribution is 5.76. The first-order valence-electron chi connectivity index (χ1n) is 6.04. The maximum Gasteiger partial charge on any atom is 0.199 e. The minimum atomic E-state index is 0.574. The second-order valence-electron chi connectivity index (χ2n) is 4.57. The molecule has 3 heterocycles. The first kappa shape index (κ1) is 9.70. The molecule has 3 aromatic rings. The third-order valence-corrected chi connectivity index (χ3v) is 3.16. The summed E-state index contributed by atoms with van der Waals surface area (Å²) in [6, 6.07) is 7.83.